The lowest BCUT2D eigenvalue weighted by molar-refractivity contribution is 0.236. The molecule has 0 bridgehead atoms. The monoisotopic (exact) mass is 267 g/mol. The van der Waals surface area contributed by atoms with Gasteiger partial charge in [0, 0.05) is 16.1 Å². The van der Waals surface area contributed by atoms with Gasteiger partial charge in [-0.3, -0.25) is 0 Å². The molecule has 1 saturated heterocycles. The molecule has 2 atom stereocenters. The summed E-state index contributed by atoms with van der Waals surface area (Å²) in [7, 11) is 0. The van der Waals surface area contributed by atoms with Crippen LogP contribution in [0.25, 0.3) is 0 Å². The molecule has 2 heteroatoms. The van der Waals surface area contributed by atoms with Crippen molar-refractivity contribution in [3.05, 3.63) is 34.3 Å². The fourth-order valence-electron chi connectivity index (χ4n) is 2.51. The van der Waals surface area contributed by atoms with Gasteiger partial charge >= 0.3 is 0 Å². The Kier molecular flexibility index (Phi) is 3.17. The van der Waals surface area contributed by atoms with E-state index in [-0.39, 0.29) is 5.54 Å². The zero-order valence-corrected chi connectivity index (χ0v) is 11.0. The van der Waals surface area contributed by atoms with Crippen LogP contribution in [-0.4, -0.2) is 6.04 Å². The first-order valence-electron chi connectivity index (χ1n) is 5.64. The summed E-state index contributed by atoms with van der Waals surface area (Å²) in [4.78, 5) is 0. The van der Waals surface area contributed by atoms with Gasteiger partial charge in [0.25, 0.3) is 0 Å². The number of rotatable bonds is 1. The molecule has 82 valence electrons. The first-order valence-corrected chi connectivity index (χ1v) is 6.43. The van der Waals surface area contributed by atoms with E-state index in [0.29, 0.717) is 6.04 Å². The zero-order valence-electron chi connectivity index (χ0n) is 9.39. The lowest BCUT2D eigenvalue weighted by Crippen LogP contribution is -2.48. The highest BCUT2D eigenvalue weighted by Crippen LogP contribution is 2.32. The molecule has 1 fully saturated rings. The molecule has 1 aromatic rings. The standard InChI is InChI=1S/C13H18BrN/c1-10-5-4-8-13(2,15-10)11-6-3-7-12(14)9-11/h3,6-7,9-10,15H,4-5,8H2,1-2H3. The second-order valence-electron chi connectivity index (χ2n) is 4.78. The molecule has 2 unspecified atom stereocenters. The molecule has 1 aliphatic rings. The second kappa shape index (κ2) is 4.26. The molecule has 1 heterocycles. The van der Waals surface area contributed by atoms with Crippen molar-refractivity contribution < 1.29 is 0 Å². The van der Waals surface area contributed by atoms with Crippen molar-refractivity contribution in [1.29, 1.82) is 0 Å². The fraction of sp³-hybridized carbons (Fsp3) is 0.538. The molecule has 0 spiro atoms. The quantitative estimate of drug-likeness (QED) is 0.816. The van der Waals surface area contributed by atoms with E-state index in [0.717, 1.165) is 0 Å². The summed E-state index contributed by atoms with van der Waals surface area (Å²) in [5, 5.41) is 3.72. The van der Waals surface area contributed by atoms with Crippen LogP contribution in [0, 0.1) is 0 Å². The van der Waals surface area contributed by atoms with E-state index in [9.17, 15) is 0 Å². The van der Waals surface area contributed by atoms with Gasteiger partial charge in [0.05, 0.1) is 0 Å². The number of hydrogen-bond donors (Lipinski definition) is 1. The summed E-state index contributed by atoms with van der Waals surface area (Å²) in [6.45, 7) is 4.58. The molecule has 0 saturated carbocycles. The van der Waals surface area contributed by atoms with E-state index in [1.165, 1.54) is 29.3 Å². The van der Waals surface area contributed by atoms with Crippen LogP contribution in [0.2, 0.25) is 0 Å². The van der Waals surface area contributed by atoms with Crippen LogP contribution in [0.4, 0.5) is 0 Å². The van der Waals surface area contributed by atoms with Crippen LogP contribution in [0.3, 0.4) is 0 Å². The molecule has 0 radical (unpaired) electrons. The van der Waals surface area contributed by atoms with Crippen molar-refractivity contribution in [3.63, 3.8) is 0 Å². The normalized spacial score (nSPS) is 31.5. The summed E-state index contributed by atoms with van der Waals surface area (Å²) in [5.41, 5.74) is 1.55. The van der Waals surface area contributed by atoms with Gasteiger partial charge in [-0.1, -0.05) is 28.1 Å². The molecule has 0 amide bonds. The van der Waals surface area contributed by atoms with Crippen molar-refractivity contribution >= 4 is 15.9 Å². The van der Waals surface area contributed by atoms with E-state index in [1.54, 1.807) is 0 Å². The maximum Gasteiger partial charge on any atom is 0.0408 e. The Morgan fingerprint density at radius 1 is 1.47 bits per heavy atom. The summed E-state index contributed by atoms with van der Waals surface area (Å²) < 4.78 is 1.17. The van der Waals surface area contributed by atoms with Crippen molar-refractivity contribution in [1.82, 2.24) is 5.32 Å². The molecule has 0 aromatic heterocycles. The molecule has 2 rings (SSSR count). The predicted molar refractivity (Wildman–Crippen MR) is 67.9 cm³/mol. The maximum absolute atomic E-state index is 3.72. The average Bonchev–Trinajstić information content (AvgIpc) is 2.17. The molecule has 1 aromatic carbocycles. The minimum atomic E-state index is 0.154. The van der Waals surface area contributed by atoms with Gasteiger partial charge in [-0.05, 0) is 50.8 Å². The van der Waals surface area contributed by atoms with Gasteiger partial charge in [-0.15, -0.1) is 0 Å². The highest BCUT2D eigenvalue weighted by molar-refractivity contribution is 9.10. The topological polar surface area (TPSA) is 12.0 Å². The van der Waals surface area contributed by atoms with Gasteiger partial charge in [0.2, 0.25) is 0 Å². The van der Waals surface area contributed by atoms with Gasteiger partial charge in [0.1, 0.15) is 0 Å². The Morgan fingerprint density at radius 2 is 2.27 bits per heavy atom. The van der Waals surface area contributed by atoms with Gasteiger partial charge in [-0.2, -0.15) is 0 Å². The number of nitrogens with one attached hydrogen (secondary N) is 1. The Balaban J connectivity index is 2.28. The smallest absolute Gasteiger partial charge is 0.0408 e. The summed E-state index contributed by atoms with van der Waals surface area (Å²) in [5.74, 6) is 0. The Bertz CT molecular complexity index is 350. The summed E-state index contributed by atoms with van der Waals surface area (Å²) in [6.07, 6.45) is 3.84. The van der Waals surface area contributed by atoms with Gasteiger partial charge in [0.15, 0.2) is 0 Å². The van der Waals surface area contributed by atoms with Crippen molar-refractivity contribution in [2.45, 2.75) is 44.7 Å². The van der Waals surface area contributed by atoms with Crippen molar-refractivity contribution in [2.75, 3.05) is 0 Å². The highest BCUT2D eigenvalue weighted by atomic mass is 79.9. The zero-order chi connectivity index (χ0) is 10.9. The Morgan fingerprint density at radius 3 is 2.93 bits per heavy atom. The van der Waals surface area contributed by atoms with E-state index in [4.69, 9.17) is 0 Å². The third-order valence-electron chi connectivity index (χ3n) is 3.34. The number of piperidine rings is 1. The van der Waals surface area contributed by atoms with Crippen molar-refractivity contribution in [2.24, 2.45) is 0 Å². The molecular formula is C13H18BrN. The Hall–Kier alpha value is -0.340. The van der Waals surface area contributed by atoms with Crippen LogP contribution in [0.5, 0.6) is 0 Å². The molecule has 1 aliphatic heterocycles. The van der Waals surface area contributed by atoms with E-state index in [1.807, 2.05) is 0 Å². The van der Waals surface area contributed by atoms with Crippen LogP contribution in [-0.2, 0) is 5.54 Å². The third-order valence-corrected chi connectivity index (χ3v) is 3.83. The SMILES string of the molecule is CC1CCCC(C)(c2cccc(Br)c2)N1. The second-order valence-corrected chi connectivity index (χ2v) is 5.70. The molecule has 1 N–H and O–H groups in total. The fourth-order valence-corrected chi connectivity index (χ4v) is 2.91. The lowest BCUT2D eigenvalue weighted by Gasteiger charge is -2.39. The van der Waals surface area contributed by atoms with Crippen LogP contribution < -0.4 is 5.32 Å². The minimum absolute atomic E-state index is 0.154. The molecule has 1 nitrogen and oxygen atoms in total. The van der Waals surface area contributed by atoms with Crippen LogP contribution >= 0.6 is 15.9 Å². The largest absolute Gasteiger partial charge is 0.305 e. The molecule has 0 aliphatic carbocycles. The summed E-state index contributed by atoms with van der Waals surface area (Å²) >= 11 is 3.54. The first kappa shape index (κ1) is 11.2. The molecule has 15 heavy (non-hydrogen) atoms. The van der Waals surface area contributed by atoms with Gasteiger partial charge in [-0.25, -0.2) is 0 Å². The Labute approximate surface area is 100 Å². The lowest BCUT2D eigenvalue weighted by atomic mass is 9.82. The first-order chi connectivity index (χ1) is 7.10. The van der Waals surface area contributed by atoms with E-state index < -0.39 is 0 Å². The molecular weight excluding hydrogens is 250 g/mol. The highest BCUT2D eigenvalue weighted by Gasteiger charge is 2.31. The third kappa shape index (κ3) is 2.43. The number of halogens is 1. The van der Waals surface area contributed by atoms with Gasteiger partial charge < -0.3 is 5.32 Å². The summed E-state index contributed by atoms with van der Waals surface area (Å²) in [6, 6.07) is 9.27. The van der Waals surface area contributed by atoms with E-state index in [2.05, 4.69) is 59.4 Å². The minimum Gasteiger partial charge on any atom is -0.305 e. The van der Waals surface area contributed by atoms with Crippen LogP contribution in [0.15, 0.2) is 28.7 Å². The predicted octanol–water partition coefficient (Wildman–Crippen LogP) is 3.83. The average molecular weight is 268 g/mol. The van der Waals surface area contributed by atoms with Crippen molar-refractivity contribution in [3.8, 4) is 0 Å². The van der Waals surface area contributed by atoms with E-state index >= 15 is 0 Å². The maximum atomic E-state index is 3.72. The van der Waals surface area contributed by atoms with Crippen LogP contribution in [0.1, 0.15) is 38.7 Å². The number of benzene rings is 1. The number of hydrogen-bond acceptors (Lipinski definition) is 1.